The van der Waals surface area contributed by atoms with Crippen LogP contribution >= 0.6 is 11.8 Å². The average Bonchev–Trinajstić information content (AvgIpc) is 2.26. The van der Waals surface area contributed by atoms with E-state index in [0.29, 0.717) is 11.6 Å². The summed E-state index contributed by atoms with van der Waals surface area (Å²) in [6.45, 7) is 2.85. The maximum atomic E-state index is 11.3. The van der Waals surface area contributed by atoms with E-state index in [9.17, 15) is 8.42 Å². The Labute approximate surface area is 112 Å². The quantitative estimate of drug-likeness (QED) is 0.686. The van der Waals surface area contributed by atoms with Crippen LogP contribution in [0.25, 0.3) is 0 Å². The molecular formula is C11H19N3O2S2. The second-order valence-corrected chi connectivity index (χ2v) is 6.64. The third-order valence-electron chi connectivity index (χ3n) is 2.46. The number of hydrogen-bond acceptors (Lipinski definition) is 5. The normalized spacial score (nSPS) is 13.3. The van der Waals surface area contributed by atoms with E-state index < -0.39 is 10.0 Å². The van der Waals surface area contributed by atoms with Gasteiger partial charge in [-0.15, -0.1) is 0 Å². The minimum Gasteiger partial charge on any atom is -0.396 e. The lowest BCUT2D eigenvalue weighted by molar-refractivity contribution is 0.598. The Balaban J connectivity index is 2.85. The summed E-state index contributed by atoms with van der Waals surface area (Å²) in [5.74, 6) is 1.50. The Bertz CT molecular complexity index is 503. The summed E-state index contributed by atoms with van der Waals surface area (Å²) in [5, 5.41) is 8.24. The van der Waals surface area contributed by atoms with Gasteiger partial charge in [0.25, 0.3) is 0 Å². The first-order valence-corrected chi connectivity index (χ1v) is 8.44. The molecule has 18 heavy (non-hydrogen) atoms. The zero-order valence-electron chi connectivity index (χ0n) is 10.5. The highest BCUT2D eigenvalue weighted by atomic mass is 32.2. The summed E-state index contributed by atoms with van der Waals surface area (Å²) in [5.41, 5.74) is 6.59. The molecule has 0 saturated carbocycles. The van der Waals surface area contributed by atoms with Gasteiger partial charge >= 0.3 is 0 Å². The Morgan fingerprint density at radius 3 is 2.67 bits per heavy atom. The Kier molecular flexibility index (Phi) is 5.30. The van der Waals surface area contributed by atoms with E-state index in [1.165, 1.54) is 6.07 Å². The van der Waals surface area contributed by atoms with Crippen LogP contribution < -0.4 is 16.2 Å². The number of nitrogens with one attached hydrogen (secondary N) is 1. The molecule has 0 saturated heterocycles. The molecule has 0 aliphatic rings. The number of primary sulfonamides is 1. The Hall–Kier alpha value is -0.920. The first kappa shape index (κ1) is 15.1. The lowest BCUT2D eigenvalue weighted by Crippen LogP contribution is -2.17. The zero-order chi connectivity index (χ0) is 13.8. The maximum Gasteiger partial charge on any atom is 0.240 e. The van der Waals surface area contributed by atoms with Gasteiger partial charge in [-0.25, -0.2) is 13.6 Å². The van der Waals surface area contributed by atoms with Crippen molar-refractivity contribution in [3.8, 4) is 0 Å². The second-order valence-electron chi connectivity index (χ2n) is 4.20. The molecule has 1 aromatic rings. The van der Waals surface area contributed by atoms with Crippen LogP contribution in [-0.4, -0.2) is 27.0 Å². The third kappa shape index (κ3) is 4.08. The molecule has 1 unspecified atom stereocenters. The smallest absolute Gasteiger partial charge is 0.240 e. The van der Waals surface area contributed by atoms with Crippen LogP contribution in [-0.2, 0) is 10.0 Å². The second kappa shape index (κ2) is 6.31. The van der Waals surface area contributed by atoms with E-state index in [2.05, 4.69) is 12.2 Å². The van der Waals surface area contributed by atoms with Crippen molar-refractivity contribution in [2.24, 2.45) is 11.1 Å². The van der Waals surface area contributed by atoms with Crippen LogP contribution in [0.4, 0.5) is 11.4 Å². The fraction of sp³-hybridized carbons (Fsp3) is 0.455. The predicted octanol–water partition coefficient (Wildman–Crippen LogP) is 1.33. The lowest BCUT2D eigenvalue weighted by Gasteiger charge is -2.15. The number of benzene rings is 1. The summed E-state index contributed by atoms with van der Waals surface area (Å²) in [6.07, 6.45) is 2.05. The average molecular weight is 289 g/mol. The van der Waals surface area contributed by atoms with Gasteiger partial charge in [0.1, 0.15) is 4.90 Å². The van der Waals surface area contributed by atoms with E-state index in [4.69, 9.17) is 10.9 Å². The summed E-state index contributed by atoms with van der Waals surface area (Å²) in [4.78, 5) is -0.0370. The van der Waals surface area contributed by atoms with Gasteiger partial charge in [-0.05, 0) is 30.1 Å². The summed E-state index contributed by atoms with van der Waals surface area (Å²) >= 11 is 1.77. The van der Waals surface area contributed by atoms with Crippen molar-refractivity contribution in [1.82, 2.24) is 0 Å². The van der Waals surface area contributed by atoms with Crippen LogP contribution in [0.15, 0.2) is 23.1 Å². The molecule has 0 aromatic heterocycles. The molecule has 0 spiro atoms. The van der Waals surface area contributed by atoms with Gasteiger partial charge in [0.15, 0.2) is 0 Å². The first-order chi connectivity index (χ1) is 8.36. The van der Waals surface area contributed by atoms with E-state index in [0.717, 1.165) is 12.3 Å². The van der Waals surface area contributed by atoms with Crippen LogP contribution in [0.2, 0.25) is 0 Å². The molecule has 0 bridgehead atoms. The minimum absolute atomic E-state index is 0.0370. The van der Waals surface area contributed by atoms with Crippen molar-refractivity contribution in [2.45, 2.75) is 11.8 Å². The molecule has 0 aliphatic heterocycles. The van der Waals surface area contributed by atoms with E-state index in [1.54, 1.807) is 23.9 Å². The van der Waals surface area contributed by atoms with Gasteiger partial charge < -0.3 is 11.1 Å². The van der Waals surface area contributed by atoms with E-state index in [1.807, 2.05) is 6.26 Å². The van der Waals surface area contributed by atoms with Gasteiger partial charge in [-0.1, -0.05) is 13.0 Å². The molecule has 1 aromatic carbocycles. The largest absolute Gasteiger partial charge is 0.396 e. The molecule has 102 valence electrons. The number of sulfonamides is 1. The molecule has 1 atom stereocenters. The van der Waals surface area contributed by atoms with Crippen LogP contribution in [0, 0.1) is 5.92 Å². The molecule has 7 heteroatoms. The predicted molar refractivity (Wildman–Crippen MR) is 78.3 cm³/mol. The van der Waals surface area contributed by atoms with Crippen molar-refractivity contribution in [1.29, 1.82) is 0 Å². The number of para-hydroxylation sites is 1. The lowest BCUT2D eigenvalue weighted by atomic mass is 10.2. The van der Waals surface area contributed by atoms with Gasteiger partial charge in [0, 0.05) is 6.54 Å². The highest BCUT2D eigenvalue weighted by molar-refractivity contribution is 7.98. The molecule has 5 N–H and O–H groups in total. The SMILES string of the molecule is CSCC(C)CNc1cccc(S(N)(=O)=O)c1N. The molecule has 0 amide bonds. The molecule has 0 aliphatic carbocycles. The van der Waals surface area contributed by atoms with Crippen molar-refractivity contribution in [3.05, 3.63) is 18.2 Å². The zero-order valence-corrected chi connectivity index (χ0v) is 12.1. The number of anilines is 2. The van der Waals surface area contributed by atoms with Gasteiger partial charge in [-0.2, -0.15) is 11.8 Å². The monoisotopic (exact) mass is 289 g/mol. The first-order valence-electron chi connectivity index (χ1n) is 5.50. The van der Waals surface area contributed by atoms with Crippen LogP contribution in [0.1, 0.15) is 6.92 Å². The molecule has 5 nitrogen and oxygen atoms in total. The molecule has 1 rings (SSSR count). The van der Waals surface area contributed by atoms with Crippen molar-refractivity contribution < 1.29 is 8.42 Å². The minimum atomic E-state index is -3.77. The van der Waals surface area contributed by atoms with E-state index >= 15 is 0 Å². The van der Waals surface area contributed by atoms with Crippen LogP contribution in [0.5, 0.6) is 0 Å². The highest BCUT2D eigenvalue weighted by Crippen LogP contribution is 2.25. The maximum absolute atomic E-state index is 11.3. The van der Waals surface area contributed by atoms with Crippen LogP contribution in [0.3, 0.4) is 0 Å². The molecule has 0 heterocycles. The standard InChI is InChI=1S/C11H19N3O2S2/c1-8(7-17-2)6-14-9-4-3-5-10(11(9)12)18(13,15)16/h3-5,8,14H,6-7,12H2,1-2H3,(H2,13,15,16). The van der Waals surface area contributed by atoms with Gasteiger partial charge in [0.05, 0.1) is 11.4 Å². The summed E-state index contributed by atoms with van der Waals surface area (Å²) < 4.78 is 22.6. The van der Waals surface area contributed by atoms with E-state index in [-0.39, 0.29) is 10.6 Å². The number of rotatable bonds is 6. The van der Waals surface area contributed by atoms with Crippen molar-refractivity contribution >= 4 is 33.2 Å². The summed E-state index contributed by atoms with van der Waals surface area (Å²) in [6, 6.07) is 4.77. The fourth-order valence-corrected chi connectivity index (χ4v) is 2.95. The number of nitrogens with two attached hydrogens (primary N) is 2. The number of nitrogen functional groups attached to an aromatic ring is 1. The molecular weight excluding hydrogens is 270 g/mol. The highest BCUT2D eigenvalue weighted by Gasteiger charge is 2.14. The van der Waals surface area contributed by atoms with Gasteiger partial charge in [0.2, 0.25) is 10.0 Å². The number of hydrogen-bond donors (Lipinski definition) is 3. The Morgan fingerprint density at radius 2 is 2.11 bits per heavy atom. The summed E-state index contributed by atoms with van der Waals surface area (Å²) in [7, 11) is -3.77. The van der Waals surface area contributed by atoms with Crippen molar-refractivity contribution in [2.75, 3.05) is 29.6 Å². The van der Waals surface area contributed by atoms with Gasteiger partial charge in [-0.3, -0.25) is 0 Å². The molecule has 0 fully saturated rings. The topological polar surface area (TPSA) is 98.2 Å². The number of thioether (sulfide) groups is 1. The Morgan fingerprint density at radius 1 is 1.44 bits per heavy atom. The van der Waals surface area contributed by atoms with Crippen molar-refractivity contribution in [3.63, 3.8) is 0 Å². The fourth-order valence-electron chi connectivity index (χ4n) is 1.57. The molecule has 0 radical (unpaired) electrons. The third-order valence-corrected chi connectivity index (χ3v) is 4.34.